The molecule has 3 aliphatic rings. The fraction of sp³-hybridized carbons (Fsp3) is 0.611. The summed E-state index contributed by atoms with van der Waals surface area (Å²) >= 11 is 1.40. The summed E-state index contributed by atoms with van der Waals surface area (Å²) in [5.74, 6) is -2.49. The van der Waals surface area contributed by atoms with Gasteiger partial charge >= 0.3 is 12.2 Å². The zero-order chi connectivity index (χ0) is 39.1. The number of benzene rings is 1. The van der Waals surface area contributed by atoms with Gasteiger partial charge in [0, 0.05) is 23.6 Å². The lowest BCUT2D eigenvalue weighted by Gasteiger charge is -2.36. The van der Waals surface area contributed by atoms with Crippen molar-refractivity contribution in [3.63, 3.8) is 0 Å². The molecule has 1 aromatic carbocycles. The third-order valence-electron chi connectivity index (χ3n) is 9.52. The monoisotopic (exact) mass is 774 g/mol. The quantitative estimate of drug-likeness (QED) is 0.252. The van der Waals surface area contributed by atoms with Crippen LogP contribution < -0.4 is 20.7 Å². The smallest absolute Gasteiger partial charge is 0.411 e. The number of hydrogen-bond donors (Lipinski definition) is 4. The summed E-state index contributed by atoms with van der Waals surface area (Å²) in [6.45, 7) is 13.8. The molecule has 290 valence electrons. The second-order valence-electron chi connectivity index (χ2n) is 16.2. The zero-order valence-corrected chi connectivity index (χ0v) is 33.0. The molecule has 5 atom stereocenters. The molecule has 1 aliphatic heterocycles. The molecule has 2 saturated carbocycles. The Hall–Kier alpha value is -4.25. The summed E-state index contributed by atoms with van der Waals surface area (Å²) in [5.41, 5.74) is -1.16. The first-order valence-corrected chi connectivity index (χ1v) is 20.2. The molecule has 1 aromatic heterocycles. The van der Waals surface area contributed by atoms with E-state index in [0.29, 0.717) is 35.5 Å². The van der Waals surface area contributed by atoms with Gasteiger partial charge in [0.05, 0.1) is 17.5 Å². The minimum Gasteiger partial charge on any atom is -0.444 e. The Bertz CT molecular complexity index is 1850. The Labute approximate surface area is 314 Å². The summed E-state index contributed by atoms with van der Waals surface area (Å²) in [6.07, 6.45) is 0.526. The van der Waals surface area contributed by atoms with Gasteiger partial charge in [-0.15, -0.1) is 11.3 Å². The van der Waals surface area contributed by atoms with Gasteiger partial charge in [-0.3, -0.25) is 24.4 Å². The predicted molar refractivity (Wildman–Crippen MR) is 198 cm³/mol. The van der Waals surface area contributed by atoms with Gasteiger partial charge in [0.15, 0.2) is 0 Å². The van der Waals surface area contributed by atoms with Gasteiger partial charge in [-0.05, 0) is 76.0 Å². The molecule has 17 heteroatoms. The van der Waals surface area contributed by atoms with Crippen molar-refractivity contribution < 1.29 is 41.9 Å². The topological polar surface area (TPSA) is 202 Å². The summed E-state index contributed by atoms with van der Waals surface area (Å²) < 4.78 is 38.8. The van der Waals surface area contributed by atoms with Gasteiger partial charge in [-0.2, -0.15) is 0 Å². The van der Waals surface area contributed by atoms with Crippen LogP contribution in [-0.4, -0.2) is 89.3 Å². The van der Waals surface area contributed by atoms with Crippen molar-refractivity contribution in [3.8, 4) is 10.6 Å². The number of anilines is 1. The van der Waals surface area contributed by atoms with E-state index in [4.69, 9.17) is 9.47 Å². The van der Waals surface area contributed by atoms with Gasteiger partial charge in [0.2, 0.25) is 21.8 Å². The highest BCUT2D eigenvalue weighted by Gasteiger charge is 2.62. The van der Waals surface area contributed by atoms with Crippen LogP contribution in [0.2, 0.25) is 0 Å². The summed E-state index contributed by atoms with van der Waals surface area (Å²) in [6, 6.07) is 3.11. The molecule has 1 saturated heterocycles. The zero-order valence-electron chi connectivity index (χ0n) is 31.4. The molecule has 5 rings (SSSR count). The molecule has 2 aromatic rings. The standard InChI is InChI=1S/C36H50N6O9S2/c1-9-21-18-36(21,31(45)41-53(48,49)23-11-12-23)40-28(43)26-17-22(19-42(26)30(44)27(34(3,4)5)39-33(47)51-35(6,7)8)50-32(46)38-25-16-20(2)10-13-24(25)29-37-14-15-52-29/h10,13-16,21-23,26-27H,9,11-12,17-19H2,1-8H3,(H,38,46)(H,39,47)(H,40,43)(H,41,45). The lowest BCUT2D eigenvalue weighted by molar-refractivity contribution is -0.143. The van der Waals surface area contributed by atoms with E-state index in [1.807, 2.05) is 31.4 Å². The molecule has 3 fully saturated rings. The number of nitrogens with one attached hydrogen (secondary N) is 4. The van der Waals surface area contributed by atoms with E-state index >= 15 is 0 Å². The van der Waals surface area contributed by atoms with Crippen molar-refractivity contribution >= 4 is 57.0 Å². The number of nitrogens with zero attached hydrogens (tertiary/aromatic N) is 2. The molecule has 0 spiro atoms. The maximum absolute atomic E-state index is 14.4. The first-order chi connectivity index (χ1) is 24.6. The number of sulfonamides is 1. The van der Waals surface area contributed by atoms with Crippen molar-refractivity contribution in [1.82, 2.24) is 25.2 Å². The molecule has 2 aliphatic carbocycles. The minimum atomic E-state index is -3.90. The number of carbonyl (C=O) groups is 5. The fourth-order valence-corrected chi connectivity index (χ4v) is 8.55. The number of alkyl carbamates (subject to hydrolysis) is 1. The van der Waals surface area contributed by atoms with Crippen LogP contribution in [0.5, 0.6) is 0 Å². The van der Waals surface area contributed by atoms with Gasteiger partial charge in [0.25, 0.3) is 5.91 Å². The van der Waals surface area contributed by atoms with E-state index in [1.54, 1.807) is 53.8 Å². The Morgan fingerprint density at radius 1 is 1.08 bits per heavy atom. The van der Waals surface area contributed by atoms with Crippen LogP contribution in [0, 0.1) is 18.3 Å². The number of likely N-dealkylation sites (tertiary alicyclic amines) is 1. The van der Waals surface area contributed by atoms with Gasteiger partial charge in [-0.25, -0.2) is 23.0 Å². The summed E-state index contributed by atoms with van der Waals surface area (Å²) in [4.78, 5) is 74.0. The van der Waals surface area contributed by atoms with Crippen LogP contribution >= 0.6 is 11.3 Å². The van der Waals surface area contributed by atoms with Crippen molar-refractivity contribution in [2.45, 2.75) is 122 Å². The third-order valence-corrected chi connectivity index (χ3v) is 12.1. The number of thiazole rings is 1. The van der Waals surface area contributed by atoms with Gasteiger partial charge in [0.1, 0.15) is 34.3 Å². The highest BCUT2D eigenvalue weighted by molar-refractivity contribution is 7.91. The van der Waals surface area contributed by atoms with Crippen molar-refractivity contribution in [2.24, 2.45) is 11.3 Å². The lowest BCUT2D eigenvalue weighted by Crippen LogP contribution is -2.60. The first-order valence-electron chi connectivity index (χ1n) is 17.8. The Balaban J connectivity index is 1.40. The average molecular weight is 775 g/mol. The number of ether oxygens (including phenoxy) is 2. The van der Waals surface area contributed by atoms with Crippen LogP contribution in [0.25, 0.3) is 10.6 Å². The highest BCUT2D eigenvalue weighted by Crippen LogP contribution is 2.47. The molecular formula is C36H50N6O9S2. The maximum Gasteiger partial charge on any atom is 0.411 e. The molecule has 5 amide bonds. The average Bonchev–Trinajstić information content (AvgIpc) is 3.91. The van der Waals surface area contributed by atoms with Crippen LogP contribution in [0.15, 0.2) is 29.8 Å². The molecule has 0 bridgehead atoms. The minimum absolute atomic E-state index is 0.129. The van der Waals surface area contributed by atoms with E-state index in [9.17, 15) is 32.4 Å². The van der Waals surface area contributed by atoms with E-state index < -0.39 is 79.9 Å². The molecule has 2 heterocycles. The normalized spacial score (nSPS) is 23.4. The number of aromatic nitrogens is 1. The van der Waals surface area contributed by atoms with Crippen LogP contribution in [0.3, 0.4) is 0 Å². The number of rotatable bonds is 11. The number of amides is 5. The van der Waals surface area contributed by atoms with E-state index in [0.717, 1.165) is 5.56 Å². The Morgan fingerprint density at radius 2 is 1.77 bits per heavy atom. The molecule has 15 nitrogen and oxygen atoms in total. The van der Waals surface area contributed by atoms with Crippen LogP contribution in [0.1, 0.15) is 86.1 Å². The SMILES string of the molecule is CCC1CC1(NC(=O)C1CC(OC(=O)Nc2cc(C)ccc2-c2nccs2)CN1C(=O)C(NC(=O)OC(C)(C)C)C(C)(C)C)C(=O)NS(=O)(=O)C1CC1. The summed E-state index contributed by atoms with van der Waals surface area (Å²) in [7, 11) is -3.90. The fourth-order valence-electron chi connectivity index (χ4n) is 6.51. The number of hydrogen-bond acceptors (Lipinski definition) is 11. The second-order valence-corrected chi connectivity index (χ2v) is 19.0. The Morgan fingerprint density at radius 3 is 2.34 bits per heavy atom. The molecule has 0 radical (unpaired) electrons. The molecular weight excluding hydrogens is 725 g/mol. The van der Waals surface area contributed by atoms with Crippen molar-refractivity contribution in [1.29, 1.82) is 0 Å². The maximum atomic E-state index is 14.4. The molecule has 5 unspecified atom stereocenters. The number of carbonyl (C=O) groups excluding carboxylic acids is 5. The van der Waals surface area contributed by atoms with E-state index in [-0.39, 0.29) is 25.3 Å². The highest BCUT2D eigenvalue weighted by atomic mass is 32.2. The number of aryl methyl sites for hydroxylation is 1. The van der Waals surface area contributed by atoms with E-state index in [2.05, 4.69) is 25.7 Å². The van der Waals surface area contributed by atoms with Crippen molar-refractivity contribution in [2.75, 3.05) is 11.9 Å². The largest absolute Gasteiger partial charge is 0.444 e. The first kappa shape index (κ1) is 39.9. The van der Waals surface area contributed by atoms with Gasteiger partial charge < -0.3 is 25.0 Å². The predicted octanol–water partition coefficient (Wildman–Crippen LogP) is 4.47. The lowest BCUT2D eigenvalue weighted by atomic mass is 9.85. The Kier molecular flexibility index (Phi) is 11.2. The van der Waals surface area contributed by atoms with Crippen LogP contribution in [0.4, 0.5) is 15.3 Å². The van der Waals surface area contributed by atoms with E-state index in [1.165, 1.54) is 16.2 Å². The second kappa shape index (κ2) is 14.9. The van der Waals surface area contributed by atoms with Gasteiger partial charge in [-0.1, -0.05) is 40.2 Å². The van der Waals surface area contributed by atoms with Crippen molar-refractivity contribution in [3.05, 3.63) is 35.3 Å². The molecule has 53 heavy (non-hydrogen) atoms. The van der Waals surface area contributed by atoms with Crippen LogP contribution in [-0.2, 0) is 33.9 Å². The molecule has 4 N–H and O–H groups in total. The summed E-state index contributed by atoms with van der Waals surface area (Å²) in [5, 5.41) is 10.1. The third kappa shape index (κ3) is 9.47.